The van der Waals surface area contributed by atoms with Gasteiger partial charge in [-0.3, -0.25) is 0 Å². The Bertz CT molecular complexity index is 675. The Morgan fingerprint density at radius 2 is 2.20 bits per heavy atom. The normalized spacial score (nSPS) is 11.7. The molecule has 0 atom stereocenters. The number of hydrogen-bond acceptors (Lipinski definition) is 4. The van der Waals surface area contributed by atoms with Gasteiger partial charge in [0, 0.05) is 36.1 Å². The molecule has 1 heterocycles. The van der Waals surface area contributed by atoms with Crippen LogP contribution < -0.4 is 10.5 Å². The zero-order valence-corrected chi connectivity index (χ0v) is 11.7. The van der Waals surface area contributed by atoms with Crippen LogP contribution in [-0.4, -0.2) is 24.9 Å². The topological polar surface area (TPSA) is 101 Å². The summed E-state index contributed by atoms with van der Waals surface area (Å²) in [6.07, 6.45) is 3.58. The monoisotopic (exact) mass is 298 g/mol. The summed E-state index contributed by atoms with van der Waals surface area (Å²) in [5.41, 5.74) is 6.73. The quantitative estimate of drug-likeness (QED) is 0.716. The molecule has 0 aliphatic heterocycles. The van der Waals surface area contributed by atoms with Crippen molar-refractivity contribution in [2.24, 2.45) is 0 Å². The molecular weight excluding hydrogens is 283 g/mol. The number of sulfonamides is 1. The van der Waals surface area contributed by atoms with Crippen LogP contribution in [0, 0.1) is 12.7 Å². The molecular formula is C12H15FN4O2S. The van der Waals surface area contributed by atoms with Gasteiger partial charge in [-0.05, 0) is 19.1 Å². The average molecular weight is 298 g/mol. The van der Waals surface area contributed by atoms with Crippen molar-refractivity contribution >= 4 is 15.7 Å². The van der Waals surface area contributed by atoms with Crippen molar-refractivity contribution in [3.8, 4) is 0 Å². The second-order valence-electron chi connectivity index (χ2n) is 4.34. The van der Waals surface area contributed by atoms with Gasteiger partial charge in [-0.15, -0.1) is 0 Å². The van der Waals surface area contributed by atoms with Crippen molar-refractivity contribution in [2.45, 2.75) is 18.2 Å². The summed E-state index contributed by atoms with van der Waals surface area (Å²) in [7, 11) is -3.78. The molecule has 0 spiro atoms. The number of imidazole rings is 1. The fourth-order valence-electron chi connectivity index (χ4n) is 1.65. The summed E-state index contributed by atoms with van der Waals surface area (Å²) < 4.78 is 40.0. The molecule has 0 aliphatic carbocycles. The largest absolute Gasteiger partial charge is 0.398 e. The van der Waals surface area contributed by atoms with Crippen molar-refractivity contribution in [3.05, 3.63) is 41.7 Å². The van der Waals surface area contributed by atoms with E-state index in [4.69, 9.17) is 5.73 Å². The lowest BCUT2D eigenvalue weighted by Crippen LogP contribution is -2.26. The maximum atomic E-state index is 13.5. The van der Waals surface area contributed by atoms with E-state index in [1.54, 1.807) is 6.20 Å². The van der Waals surface area contributed by atoms with E-state index in [1.807, 2.05) is 0 Å². The maximum Gasteiger partial charge on any atom is 0.240 e. The Morgan fingerprint density at radius 3 is 2.80 bits per heavy atom. The molecule has 0 unspecified atom stereocenters. The Hall–Kier alpha value is -1.93. The molecule has 0 aliphatic rings. The fraction of sp³-hybridized carbons (Fsp3) is 0.250. The van der Waals surface area contributed by atoms with E-state index in [0.29, 0.717) is 6.42 Å². The zero-order chi connectivity index (χ0) is 14.8. The minimum Gasteiger partial charge on any atom is -0.398 e. The number of aromatic nitrogens is 2. The van der Waals surface area contributed by atoms with Gasteiger partial charge < -0.3 is 10.7 Å². The second-order valence-corrected chi connectivity index (χ2v) is 6.11. The van der Waals surface area contributed by atoms with Gasteiger partial charge >= 0.3 is 0 Å². The summed E-state index contributed by atoms with van der Waals surface area (Å²) in [5, 5.41) is 0. The summed E-state index contributed by atoms with van der Waals surface area (Å²) in [6, 6.07) is 2.21. The number of benzene rings is 1. The first kappa shape index (κ1) is 14.5. The molecule has 0 saturated heterocycles. The van der Waals surface area contributed by atoms with Crippen LogP contribution in [0.1, 0.15) is 11.3 Å². The summed E-state index contributed by atoms with van der Waals surface area (Å²) >= 11 is 0. The van der Waals surface area contributed by atoms with Crippen molar-refractivity contribution in [3.63, 3.8) is 0 Å². The molecule has 0 fully saturated rings. The standard InChI is InChI=1S/C12H15FN4O2S/c1-8-11(13)4-10(5-12(8)14)20(18,19)17-3-2-9-6-15-7-16-9/h4-7,17H,2-3,14H2,1H3,(H,15,16). The van der Waals surface area contributed by atoms with Gasteiger partial charge in [0.25, 0.3) is 0 Å². The van der Waals surface area contributed by atoms with Crippen LogP contribution in [0.25, 0.3) is 0 Å². The Morgan fingerprint density at radius 1 is 1.45 bits per heavy atom. The number of nitrogens with one attached hydrogen (secondary N) is 2. The van der Waals surface area contributed by atoms with Crippen LogP contribution in [0.5, 0.6) is 0 Å². The highest BCUT2D eigenvalue weighted by Crippen LogP contribution is 2.20. The number of aromatic amines is 1. The number of hydrogen-bond donors (Lipinski definition) is 3. The van der Waals surface area contributed by atoms with Crippen LogP contribution >= 0.6 is 0 Å². The molecule has 2 rings (SSSR count). The van der Waals surface area contributed by atoms with E-state index in [9.17, 15) is 12.8 Å². The predicted molar refractivity (Wildman–Crippen MR) is 73.0 cm³/mol. The molecule has 6 nitrogen and oxygen atoms in total. The third-order valence-electron chi connectivity index (χ3n) is 2.91. The Kier molecular flexibility index (Phi) is 4.05. The molecule has 0 bridgehead atoms. The second kappa shape index (κ2) is 5.59. The molecule has 0 saturated carbocycles. The molecule has 4 N–H and O–H groups in total. The van der Waals surface area contributed by atoms with Gasteiger partial charge in [-0.1, -0.05) is 0 Å². The highest BCUT2D eigenvalue weighted by molar-refractivity contribution is 7.89. The van der Waals surface area contributed by atoms with Crippen LogP contribution in [0.2, 0.25) is 0 Å². The Balaban J connectivity index is 2.10. The van der Waals surface area contributed by atoms with Crippen molar-refractivity contribution in [1.82, 2.24) is 14.7 Å². The van der Waals surface area contributed by atoms with E-state index in [0.717, 1.165) is 11.8 Å². The summed E-state index contributed by atoms with van der Waals surface area (Å²) in [4.78, 5) is 6.51. The van der Waals surface area contributed by atoms with Crippen LogP contribution in [0.15, 0.2) is 29.6 Å². The van der Waals surface area contributed by atoms with Crippen LogP contribution in [0.3, 0.4) is 0 Å². The number of nitrogens with zero attached hydrogens (tertiary/aromatic N) is 1. The fourth-order valence-corrected chi connectivity index (χ4v) is 2.73. The zero-order valence-electron chi connectivity index (χ0n) is 10.9. The van der Waals surface area contributed by atoms with E-state index >= 15 is 0 Å². The van der Waals surface area contributed by atoms with Gasteiger partial charge in [-0.2, -0.15) is 0 Å². The van der Waals surface area contributed by atoms with Gasteiger partial charge in [0.1, 0.15) is 5.82 Å². The number of nitrogens with two attached hydrogens (primary N) is 1. The first-order chi connectivity index (χ1) is 9.40. The minimum absolute atomic E-state index is 0.110. The van der Waals surface area contributed by atoms with E-state index < -0.39 is 15.8 Å². The molecule has 2 aromatic rings. The highest BCUT2D eigenvalue weighted by Gasteiger charge is 2.17. The van der Waals surface area contributed by atoms with Gasteiger partial charge in [0.2, 0.25) is 10.0 Å². The smallest absolute Gasteiger partial charge is 0.240 e. The lowest BCUT2D eigenvalue weighted by molar-refractivity contribution is 0.576. The number of anilines is 1. The predicted octanol–water partition coefficient (Wildman–Crippen LogP) is 0.960. The number of halogens is 1. The van der Waals surface area contributed by atoms with Crippen molar-refractivity contribution in [2.75, 3.05) is 12.3 Å². The van der Waals surface area contributed by atoms with Gasteiger partial charge in [-0.25, -0.2) is 22.5 Å². The van der Waals surface area contributed by atoms with Crippen molar-refractivity contribution < 1.29 is 12.8 Å². The molecule has 0 amide bonds. The molecule has 1 aromatic carbocycles. The van der Waals surface area contributed by atoms with Crippen LogP contribution in [-0.2, 0) is 16.4 Å². The highest BCUT2D eigenvalue weighted by atomic mass is 32.2. The number of nitrogen functional groups attached to an aromatic ring is 1. The first-order valence-corrected chi connectivity index (χ1v) is 7.41. The molecule has 0 radical (unpaired) electrons. The minimum atomic E-state index is -3.78. The average Bonchev–Trinajstić information content (AvgIpc) is 2.88. The van der Waals surface area contributed by atoms with E-state index in [1.165, 1.54) is 19.3 Å². The molecule has 8 heteroatoms. The van der Waals surface area contributed by atoms with Crippen LogP contribution in [0.4, 0.5) is 10.1 Å². The third kappa shape index (κ3) is 3.14. The maximum absolute atomic E-state index is 13.5. The number of rotatable bonds is 5. The Labute approximate surface area is 116 Å². The first-order valence-electron chi connectivity index (χ1n) is 5.92. The van der Waals surface area contributed by atoms with Crippen molar-refractivity contribution in [1.29, 1.82) is 0 Å². The molecule has 1 aromatic heterocycles. The van der Waals surface area contributed by atoms with E-state index in [2.05, 4.69) is 14.7 Å². The lowest BCUT2D eigenvalue weighted by Gasteiger charge is -2.09. The van der Waals surface area contributed by atoms with E-state index in [-0.39, 0.29) is 22.7 Å². The third-order valence-corrected chi connectivity index (χ3v) is 4.35. The molecule has 20 heavy (non-hydrogen) atoms. The van der Waals surface area contributed by atoms with Gasteiger partial charge in [0.05, 0.1) is 11.2 Å². The lowest BCUT2D eigenvalue weighted by atomic mass is 10.2. The number of H-pyrrole nitrogens is 1. The summed E-state index contributed by atoms with van der Waals surface area (Å²) in [6.45, 7) is 1.67. The summed E-state index contributed by atoms with van der Waals surface area (Å²) in [5.74, 6) is -0.640. The molecule has 108 valence electrons. The SMILES string of the molecule is Cc1c(N)cc(S(=O)(=O)NCCc2cnc[nH]2)cc1F. The van der Waals surface area contributed by atoms with Gasteiger partial charge in [0.15, 0.2) is 0 Å².